The summed E-state index contributed by atoms with van der Waals surface area (Å²) >= 11 is 0. The fraction of sp³-hybridized carbons (Fsp3) is 0.412. The zero-order chi connectivity index (χ0) is 15.6. The van der Waals surface area contributed by atoms with Gasteiger partial charge in [-0.15, -0.1) is 24.8 Å². The summed E-state index contributed by atoms with van der Waals surface area (Å²) in [5, 5.41) is 3.37. The molecule has 136 valence electrons. The van der Waals surface area contributed by atoms with Crippen LogP contribution in [0.3, 0.4) is 0 Å². The summed E-state index contributed by atoms with van der Waals surface area (Å²) in [5.74, 6) is 1.43. The number of hydrogen-bond donors (Lipinski definition) is 1. The number of fused-ring (bicyclic) bond motifs is 1. The largest absolute Gasteiger partial charge is 0.378 e. The van der Waals surface area contributed by atoms with Crippen LogP contribution in [0.25, 0.3) is 11.4 Å². The zero-order valence-electron chi connectivity index (χ0n) is 13.7. The van der Waals surface area contributed by atoms with Gasteiger partial charge in [0.25, 0.3) is 0 Å². The lowest BCUT2D eigenvalue weighted by Gasteiger charge is -2.31. The number of halogens is 3. The molecule has 0 saturated carbocycles. The maximum Gasteiger partial charge on any atom is 0.161 e. The number of ether oxygens (including phenoxy) is 1. The van der Waals surface area contributed by atoms with E-state index < -0.39 is 0 Å². The Morgan fingerprint density at radius 1 is 1.04 bits per heavy atom. The molecule has 8 heteroatoms. The van der Waals surface area contributed by atoms with Crippen molar-refractivity contribution in [3.8, 4) is 11.4 Å². The van der Waals surface area contributed by atoms with E-state index in [9.17, 15) is 4.39 Å². The molecule has 2 aromatic rings. The molecule has 25 heavy (non-hydrogen) atoms. The predicted octanol–water partition coefficient (Wildman–Crippen LogP) is 2.61. The van der Waals surface area contributed by atoms with Crippen LogP contribution in [0.1, 0.15) is 11.3 Å². The number of morpholine rings is 1. The van der Waals surface area contributed by atoms with Crippen LogP contribution in [0.5, 0.6) is 0 Å². The first-order chi connectivity index (χ1) is 11.3. The van der Waals surface area contributed by atoms with E-state index in [-0.39, 0.29) is 30.6 Å². The van der Waals surface area contributed by atoms with Crippen LogP contribution in [-0.4, -0.2) is 42.8 Å². The minimum atomic E-state index is -0.248. The second kappa shape index (κ2) is 8.76. The lowest BCUT2D eigenvalue weighted by molar-refractivity contribution is 0.122. The molecule has 1 aromatic heterocycles. The van der Waals surface area contributed by atoms with Crippen molar-refractivity contribution >= 4 is 30.6 Å². The van der Waals surface area contributed by atoms with Crippen molar-refractivity contribution in [2.45, 2.75) is 13.0 Å². The van der Waals surface area contributed by atoms with Crippen molar-refractivity contribution in [1.82, 2.24) is 15.3 Å². The molecule has 0 radical (unpaired) electrons. The van der Waals surface area contributed by atoms with Crippen molar-refractivity contribution in [2.24, 2.45) is 0 Å². The number of aromatic nitrogens is 2. The SMILES string of the molecule is Cl.Cl.Fc1ccc(-c2nc3c(c(N4CCOCC4)n2)CCNC3)cc1. The van der Waals surface area contributed by atoms with Gasteiger partial charge in [0.2, 0.25) is 0 Å². The van der Waals surface area contributed by atoms with E-state index in [0.29, 0.717) is 5.82 Å². The van der Waals surface area contributed by atoms with Gasteiger partial charge in [-0.25, -0.2) is 14.4 Å². The minimum absolute atomic E-state index is 0. The van der Waals surface area contributed by atoms with Gasteiger partial charge in [-0.3, -0.25) is 0 Å². The Labute approximate surface area is 158 Å². The van der Waals surface area contributed by atoms with E-state index in [0.717, 1.165) is 62.9 Å². The first kappa shape index (κ1) is 19.8. The molecule has 0 spiro atoms. The average molecular weight is 387 g/mol. The summed E-state index contributed by atoms with van der Waals surface area (Å²) in [6, 6.07) is 6.36. The first-order valence-electron chi connectivity index (χ1n) is 8.00. The molecule has 0 atom stereocenters. The molecule has 2 aliphatic heterocycles. The first-order valence-corrected chi connectivity index (χ1v) is 8.00. The Balaban J connectivity index is 0.00000113. The maximum atomic E-state index is 13.2. The third-order valence-electron chi connectivity index (χ3n) is 4.33. The van der Waals surface area contributed by atoms with Crippen LogP contribution in [0.2, 0.25) is 0 Å². The van der Waals surface area contributed by atoms with Gasteiger partial charge >= 0.3 is 0 Å². The van der Waals surface area contributed by atoms with Crippen molar-refractivity contribution < 1.29 is 9.13 Å². The lowest BCUT2D eigenvalue weighted by Crippen LogP contribution is -2.39. The Kier molecular flexibility index (Phi) is 6.95. The molecule has 4 rings (SSSR count). The van der Waals surface area contributed by atoms with E-state index in [1.807, 2.05) is 0 Å². The molecule has 5 nitrogen and oxygen atoms in total. The lowest BCUT2D eigenvalue weighted by atomic mass is 10.1. The van der Waals surface area contributed by atoms with Gasteiger partial charge in [0.1, 0.15) is 11.6 Å². The van der Waals surface area contributed by atoms with Crippen molar-refractivity contribution in [1.29, 1.82) is 0 Å². The van der Waals surface area contributed by atoms with E-state index in [1.54, 1.807) is 12.1 Å². The van der Waals surface area contributed by atoms with Gasteiger partial charge < -0.3 is 15.0 Å². The van der Waals surface area contributed by atoms with E-state index in [4.69, 9.17) is 14.7 Å². The molecular weight excluding hydrogens is 366 g/mol. The van der Waals surface area contributed by atoms with Crippen molar-refractivity contribution in [3.63, 3.8) is 0 Å². The number of anilines is 1. The highest BCUT2D eigenvalue weighted by Crippen LogP contribution is 2.28. The van der Waals surface area contributed by atoms with E-state index >= 15 is 0 Å². The highest BCUT2D eigenvalue weighted by atomic mass is 35.5. The van der Waals surface area contributed by atoms with Crippen LogP contribution in [0.4, 0.5) is 10.2 Å². The fourth-order valence-corrected chi connectivity index (χ4v) is 3.10. The molecule has 1 fully saturated rings. The monoisotopic (exact) mass is 386 g/mol. The Hall–Kier alpha value is -1.47. The highest BCUT2D eigenvalue weighted by molar-refractivity contribution is 5.85. The molecule has 3 heterocycles. The van der Waals surface area contributed by atoms with Crippen LogP contribution >= 0.6 is 24.8 Å². The molecule has 0 aliphatic carbocycles. The molecule has 0 amide bonds. The summed E-state index contributed by atoms with van der Waals surface area (Å²) in [6.45, 7) is 4.85. The third-order valence-corrected chi connectivity index (χ3v) is 4.33. The Morgan fingerprint density at radius 2 is 1.76 bits per heavy atom. The van der Waals surface area contributed by atoms with Gasteiger partial charge in [-0.1, -0.05) is 0 Å². The molecular formula is C17H21Cl2FN4O. The standard InChI is InChI=1S/C17H19FN4O.2ClH/c18-13-3-1-12(2-4-13)16-20-15-11-19-6-5-14(15)17(21-16)22-7-9-23-10-8-22;;/h1-4,19H,5-11H2;2*1H. The van der Waals surface area contributed by atoms with E-state index in [2.05, 4.69) is 10.2 Å². The molecule has 1 N–H and O–H groups in total. The van der Waals surface area contributed by atoms with Crippen LogP contribution in [0.15, 0.2) is 24.3 Å². The number of nitrogens with one attached hydrogen (secondary N) is 1. The number of nitrogens with zero attached hydrogens (tertiary/aromatic N) is 3. The van der Waals surface area contributed by atoms with Gasteiger partial charge in [-0.2, -0.15) is 0 Å². The minimum Gasteiger partial charge on any atom is -0.378 e. The summed E-state index contributed by atoms with van der Waals surface area (Å²) < 4.78 is 18.6. The van der Waals surface area contributed by atoms with Gasteiger partial charge in [0, 0.05) is 30.8 Å². The van der Waals surface area contributed by atoms with E-state index in [1.165, 1.54) is 17.7 Å². The third kappa shape index (κ3) is 4.20. The Bertz CT molecular complexity index is 709. The summed E-state index contributed by atoms with van der Waals surface area (Å²) in [4.78, 5) is 11.8. The van der Waals surface area contributed by atoms with Crippen LogP contribution in [0, 0.1) is 5.82 Å². The molecule has 0 bridgehead atoms. The predicted molar refractivity (Wildman–Crippen MR) is 100 cm³/mol. The summed E-state index contributed by atoms with van der Waals surface area (Å²) in [7, 11) is 0. The smallest absolute Gasteiger partial charge is 0.161 e. The van der Waals surface area contributed by atoms with Gasteiger partial charge in [-0.05, 0) is 37.2 Å². The highest BCUT2D eigenvalue weighted by Gasteiger charge is 2.23. The maximum absolute atomic E-state index is 13.2. The molecule has 2 aliphatic rings. The molecule has 1 saturated heterocycles. The van der Waals surface area contributed by atoms with Crippen LogP contribution < -0.4 is 10.2 Å². The normalized spacial score (nSPS) is 16.4. The number of rotatable bonds is 2. The average Bonchev–Trinajstić information content (AvgIpc) is 2.62. The molecule has 0 unspecified atom stereocenters. The number of hydrogen-bond acceptors (Lipinski definition) is 5. The topological polar surface area (TPSA) is 50.3 Å². The van der Waals surface area contributed by atoms with Gasteiger partial charge in [0.15, 0.2) is 5.82 Å². The van der Waals surface area contributed by atoms with Crippen molar-refractivity contribution in [2.75, 3.05) is 37.7 Å². The second-order valence-corrected chi connectivity index (χ2v) is 5.83. The van der Waals surface area contributed by atoms with Crippen LogP contribution in [-0.2, 0) is 17.7 Å². The quantitative estimate of drug-likeness (QED) is 0.859. The van der Waals surface area contributed by atoms with Crippen molar-refractivity contribution in [3.05, 3.63) is 41.3 Å². The van der Waals surface area contributed by atoms with Gasteiger partial charge in [0.05, 0.1) is 18.9 Å². The number of benzene rings is 1. The summed E-state index contributed by atoms with van der Waals surface area (Å²) in [6.07, 6.45) is 0.936. The molecule has 1 aromatic carbocycles. The summed E-state index contributed by atoms with van der Waals surface area (Å²) in [5.41, 5.74) is 3.12. The second-order valence-electron chi connectivity index (χ2n) is 5.83. The fourth-order valence-electron chi connectivity index (χ4n) is 3.10. The Morgan fingerprint density at radius 3 is 2.48 bits per heavy atom. The zero-order valence-corrected chi connectivity index (χ0v) is 15.3.